The van der Waals surface area contributed by atoms with E-state index in [9.17, 15) is 0 Å². The fourth-order valence-electron chi connectivity index (χ4n) is 3.81. The van der Waals surface area contributed by atoms with E-state index in [1.165, 1.54) is 15.9 Å². The van der Waals surface area contributed by atoms with Gasteiger partial charge in [-0.05, 0) is 0 Å². The zero-order chi connectivity index (χ0) is 18.6. The minimum absolute atomic E-state index is 0.236. The summed E-state index contributed by atoms with van der Waals surface area (Å²) in [6, 6.07) is 32.3. The Bertz CT molecular complexity index is 805. The summed E-state index contributed by atoms with van der Waals surface area (Å²) in [7, 11) is 0. The normalized spacial score (nSPS) is 15.5. The topological polar surface area (TPSA) is 18.5 Å². The number of benzene rings is 3. The molecule has 0 amide bonds. The van der Waals surface area contributed by atoms with Gasteiger partial charge in [0.2, 0.25) is 0 Å². The molecule has 138 valence electrons. The first-order chi connectivity index (χ1) is 13.2. The third-order valence-electron chi connectivity index (χ3n) is 5.18. The molecule has 0 saturated carbocycles. The molecule has 27 heavy (non-hydrogen) atoms. The van der Waals surface area contributed by atoms with E-state index in [0.29, 0.717) is 0 Å². The van der Waals surface area contributed by atoms with Gasteiger partial charge in [-0.1, -0.05) is 0 Å². The van der Waals surface area contributed by atoms with E-state index in [1.807, 2.05) is 0 Å². The van der Waals surface area contributed by atoms with Crippen molar-refractivity contribution in [3.63, 3.8) is 0 Å². The summed E-state index contributed by atoms with van der Waals surface area (Å²) < 4.78 is 11.2. The summed E-state index contributed by atoms with van der Waals surface area (Å²) in [5, 5.41) is 1.06. The van der Waals surface area contributed by atoms with Crippen LogP contribution in [-0.2, 0) is 9.47 Å². The van der Waals surface area contributed by atoms with Crippen molar-refractivity contribution in [2.75, 3.05) is 6.16 Å². The molecule has 0 bridgehead atoms. The molecule has 0 unspecified atom stereocenters. The molecule has 0 N–H and O–H groups in total. The maximum absolute atomic E-state index is 5.60. The van der Waals surface area contributed by atoms with Crippen LogP contribution in [-0.4, -0.2) is 12.5 Å². The van der Waals surface area contributed by atoms with Crippen molar-refractivity contribution < 1.29 is 9.47 Å². The van der Waals surface area contributed by atoms with E-state index >= 15 is 0 Å². The van der Waals surface area contributed by atoms with E-state index in [2.05, 4.69) is 106 Å². The summed E-state index contributed by atoms with van der Waals surface area (Å²) in [5.41, 5.74) is 0. The van der Waals surface area contributed by atoms with Gasteiger partial charge in [0.25, 0.3) is 0 Å². The number of hydrogen-bond acceptors (Lipinski definition) is 2. The SMILES string of the molecule is BrP(CCC1OC=CO1)(c1ccccc1)(c1ccccc1)c1ccccc1. The zero-order valence-corrected chi connectivity index (χ0v) is 17.4. The van der Waals surface area contributed by atoms with Crippen LogP contribution in [0, 0.1) is 0 Å². The number of ether oxygens (including phenoxy) is 2. The Morgan fingerprint density at radius 2 is 1.00 bits per heavy atom. The van der Waals surface area contributed by atoms with Crippen molar-refractivity contribution in [2.24, 2.45) is 0 Å². The molecule has 0 atom stereocenters. The first-order valence-corrected chi connectivity index (χ1v) is 13.5. The molecule has 1 aliphatic heterocycles. The van der Waals surface area contributed by atoms with E-state index < -0.39 is 5.31 Å². The average Bonchev–Trinajstić information content (AvgIpc) is 3.28. The molecule has 0 aliphatic carbocycles. The van der Waals surface area contributed by atoms with Gasteiger partial charge in [0, 0.05) is 0 Å². The van der Waals surface area contributed by atoms with Crippen LogP contribution in [0.4, 0.5) is 0 Å². The molecule has 3 aromatic rings. The van der Waals surface area contributed by atoms with E-state index in [1.54, 1.807) is 12.5 Å². The predicted octanol–water partition coefficient (Wildman–Crippen LogP) is 5.06. The summed E-state index contributed by atoms with van der Waals surface area (Å²) in [5.74, 6) is 0. The molecule has 1 aliphatic rings. The van der Waals surface area contributed by atoms with Crippen LogP contribution >= 0.6 is 20.8 Å². The van der Waals surface area contributed by atoms with Crippen molar-refractivity contribution in [1.82, 2.24) is 0 Å². The van der Waals surface area contributed by atoms with E-state index in [-0.39, 0.29) is 6.29 Å². The molecule has 2 nitrogen and oxygen atoms in total. The van der Waals surface area contributed by atoms with Crippen LogP contribution in [0.25, 0.3) is 0 Å². The second-order valence-corrected chi connectivity index (χ2v) is 15.7. The zero-order valence-electron chi connectivity index (χ0n) is 14.9. The van der Waals surface area contributed by atoms with E-state index in [4.69, 9.17) is 9.47 Å². The van der Waals surface area contributed by atoms with Gasteiger partial charge in [0.05, 0.1) is 0 Å². The van der Waals surface area contributed by atoms with Gasteiger partial charge in [-0.2, -0.15) is 0 Å². The van der Waals surface area contributed by atoms with Crippen molar-refractivity contribution in [3.05, 3.63) is 104 Å². The molecule has 4 heteroatoms. The Morgan fingerprint density at radius 1 is 0.630 bits per heavy atom. The van der Waals surface area contributed by atoms with Gasteiger partial charge in [0.15, 0.2) is 0 Å². The Morgan fingerprint density at radius 3 is 1.37 bits per heavy atom. The molecule has 0 aromatic heterocycles. The Labute approximate surface area is 168 Å². The van der Waals surface area contributed by atoms with Crippen LogP contribution in [0.1, 0.15) is 6.42 Å². The number of rotatable bonds is 6. The van der Waals surface area contributed by atoms with Gasteiger partial charge in [-0.15, -0.1) is 0 Å². The molecular formula is C23H22BrO2P. The first kappa shape index (κ1) is 18.3. The molecular weight excluding hydrogens is 419 g/mol. The molecule has 0 spiro atoms. The van der Waals surface area contributed by atoms with Crippen molar-refractivity contribution in [1.29, 1.82) is 0 Å². The Balaban J connectivity index is 1.94. The van der Waals surface area contributed by atoms with E-state index in [0.717, 1.165) is 12.6 Å². The standard InChI is InChI=1S/C23H22BrO2P/c24-27(20-10-4-1-5-11-20,21-12-6-2-7-13-21,22-14-8-3-9-15-22)19-16-23-25-17-18-26-23/h1-15,17-18,23H,16,19H2. The van der Waals surface area contributed by atoms with Crippen molar-refractivity contribution >= 4 is 36.7 Å². The fourth-order valence-corrected chi connectivity index (χ4v) is 11.3. The van der Waals surface area contributed by atoms with Gasteiger partial charge >= 0.3 is 169 Å². The molecule has 4 rings (SSSR count). The average molecular weight is 441 g/mol. The van der Waals surface area contributed by atoms with Gasteiger partial charge in [-0.25, -0.2) is 0 Å². The van der Waals surface area contributed by atoms with Crippen molar-refractivity contribution in [2.45, 2.75) is 12.7 Å². The summed E-state index contributed by atoms with van der Waals surface area (Å²) in [6.07, 6.45) is 4.70. The van der Waals surface area contributed by atoms with Gasteiger partial charge in [-0.3, -0.25) is 0 Å². The van der Waals surface area contributed by atoms with Crippen LogP contribution in [0.3, 0.4) is 0 Å². The third-order valence-corrected chi connectivity index (χ3v) is 15.2. The van der Waals surface area contributed by atoms with Crippen LogP contribution in [0.2, 0.25) is 0 Å². The maximum atomic E-state index is 5.60. The third kappa shape index (κ3) is 3.20. The van der Waals surface area contributed by atoms with Crippen LogP contribution in [0.15, 0.2) is 104 Å². The second-order valence-electron chi connectivity index (χ2n) is 6.68. The van der Waals surface area contributed by atoms with Crippen LogP contribution in [0.5, 0.6) is 0 Å². The summed E-state index contributed by atoms with van der Waals surface area (Å²) in [4.78, 5) is 0. The first-order valence-electron chi connectivity index (χ1n) is 9.07. The molecule has 3 aromatic carbocycles. The molecule has 0 fully saturated rings. The Hall–Kier alpha value is -2.09. The molecule has 0 radical (unpaired) electrons. The second kappa shape index (κ2) is 7.50. The summed E-state index contributed by atoms with van der Waals surface area (Å²) >= 11 is 4.42. The number of halogens is 1. The molecule has 0 saturated heterocycles. The fraction of sp³-hybridized carbons (Fsp3) is 0.130. The quantitative estimate of drug-likeness (QED) is 0.498. The van der Waals surface area contributed by atoms with Gasteiger partial charge < -0.3 is 0 Å². The Kier molecular flexibility index (Phi) is 5.08. The van der Waals surface area contributed by atoms with Crippen LogP contribution < -0.4 is 15.9 Å². The monoisotopic (exact) mass is 440 g/mol. The summed E-state index contributed by atoms with van der Waals surface area (Å²) in [6.45, 7) is 0. The van der Waals surface area contributed by atoms with Crippen molar-refractivity contribution in [3.8, 4) is 0 Å². The molecule has 1 heterocycles. The minimum atomic E-state index is -2.88. The predicted molar refractivity (Wildman–Crippen MR) is 119 cm³/mol. The van der Waals surface area contributed by atoms with Gasteiger partial charge in [0.1, 0.15) is 0 Å². The number of hydrogen-bond donors (Lipinski definition) is 0.